The quantitative estimate of drug-likeness (QED) is 0.561. The first-order chi connectivity index (χ1) is 15.3. The van der Waals surface area contributed by atoms with Crippen LogP contribution in [0.3, 0.4) is 0 Å². The van der Waals surface area contributed by atoms with Crippen molar-refractivity contribution in [3.8, 4) is 11.3 Å². The zero-order valence-electron chi connectivity index (χ0n) is 18.7. The third kappa shape index (κ3) is 5.11. The van der Waals surface area contributed by atoms with Crippen molar-refractivity contribution in [3.05, 3.63) is 81.6 Å². The van der Waals surface area contributed by atoms with Crippen LogP contribution in [0.4, 0.5) is 5.69 Å². The number of anilines is 1. The molecule has 0 unspecified atom stereocenters. The van der Waals surface area contributed by atoms with E-state index in [1.165, 1.54) is 10.7 Å². The minimum atomic E-state index is -0.780. The largest absolute Gasteiger partial charge is 0.462 e. The van der Waals surface area contributed by atoms with Gasteiger partial charge in [-0.05, 0) is 69.2 Å². The molecular formula is C25H27N3O4. The standard InChI is InChI=1S/C25H27N3O4/c1-5-22(24(30)26-19-11-9-18(10-12-19)25(31)32-6-2)28-23(29)14-13-21(27-28)20-15-16(3)7-8-17(20)4/h7-15,22H,5-6H2,1-4H3,(H,26,30)/t22-/m0/s1. The van der Waals surface area contributed by atoms with E-state index in [4.69, 9.17) is 4.74 Å². The number of amides is 1. The molecule has 1 N–H and O–H groups in total. The van der Waals surface area contributed by atoms with Crippen LogP contribution in [0.5, 0.6) is 0 Å². The molecule has 0 aliphatic heterocycles. The topological polar surface area (TPSA) is 90.3 Å². The Labute approximate surface area is 187 Å². The molecule has 0 fully saturated rings. The number of aryl methyl sites for hydroxylation is 2. The number of rotatable bonds is 7. The molecule has 1 heterocycles. The fourth-order valence-electron chi connectivity index (χ4n) is 3.40. The summed E-state index contributed by atoms with van der Waals surface area (Å²) in [6.45, 7) is 7.83. The molecule has 1 atom stereocenters. The van der Waals surface area contributed by atoms with Crippen LogP contribution in [-0.4, -0.2) is 28.3 Å². The summed E-state index contributed by atoms with van der Waals surface area (Å²) in [7, 11) is 0. The van der Waals surface area contributed by atoms with Crippen LogP contribution in [-0.2, 0) is 9.53 Å². The summed E-state index contributed by atoms with van der Waals surface area (Å²) in [6, 6.07) is 14.8. The molecule has 32 heavy (non-hydrogen) atoms. The van der Waals surface area contributed by atoms with Crippen LogP contribution >= 0.6 is 0 Å². The van der Waals surface area contributed by atoms with Gasteiger partial charge in [0, 0.05) is 17.3 Å². The molecule has 7 heteroatoms. The number of hydrogen-bond donors (Lipinski definition) is 1. The lowest BCUT2D eigenvalue weighted by atomic mass is 10.0. The Kier molecular flexibility index (Phi) is 7.20. The molecule has 2 aromatic carbocycles. The van der Waals surface area contributed by atoms with E-state index in [2.05, 4.69) is 10.4 Å². The highest BCUT2D eigenvalue weighted by Gasteiger charge is 2.22. The maximum Gasteiger partial charge on any atom is 0.338 e. The third-order valence-corrected chi connectivity index (χ3v) is 5.14. The highest BCUT2D eigenvalue weighted by molar-refractivity contribution is 5.95. The smallest absolute Gasteiger partial charge is 0.338 e. The lowest BCUT2D eigenvalue weighted by Crippen LogP contribution is -2.34. The van der Waals surface area contributed by atoms with E-state index < -0.39 is 12.0 Å². The molecule has 0 saturated heterocycles. The van der Waals surface area contributed by atoms with Gasteiger partial charge in [-0.15, -0.1) is 0 Å². The summed E-state index contributed by atoms with van der Waals surface area (Å²) in [5, 5.41) is 7.32. The number of aromatic nitrogens is 2. The molecule has 0 bridgehead atoms. The molecule has 166 valence electrons. The van der Waals surface area contributed by atoms with Crippen molar-refractivity contribution >= 4 is 17.6 Å². The Balaban J connectivity index is 1.86. The zero-order valence-corrected chi connectivity index (χ0v) is 18.7. The summed E-state index contributed by atoms with van der Waals surface area (Å²) in [4.78, 5) is 37.3. The van der Waals surface area contributed by atoms with Crippen molar-refractivity contribution in [1.82, 2.24) is 9.78 Å². The van der Waals surface area contributed by atoms with Crippen molar-refractivity contribution in [2.75, 3.05) is 11.9 Å². The van der Waals surface area contributed by atoms with Gasteiger partial charge >= 0.3 is 5.97 Å². The Morgan fingerprint density at radius 2 is 1.75 bits per heavy atom. The van der Waals surface area contributed by atoms with Gasteiger partial charge in [0.1, 0.15) is 6.04 Å². The van der Waals surface area contributed by atoms with Crippen LogP contribution in [0.25, 0.3) is 11.3 Å². The molecule has 1 aromatic heterocycles. The number of carbonyl (C=O) groups is 2. The van der Waals surface area contributed by atoms with Gasteiger partial charge < -0.3 is 10.1 Å². The van der Waals surface area contributed by atoms with E-state index in [0.29, 0.717) is 30.0 Å². The van der Waals surface area contributed by atoms with Gasteiger partial charge in [-0.25, -0.2) is 9.48 Å². The molecule has 0 aliphatic carbocycles. The second-order valence-electron chi connectivity index (χ2n) is 7.53. The summed E-state index contributed by atoms with van der Waals surface area (Å²) in [5.74, 6) is -0.778. The Morgan fingerprint density at radius 1 is 1.03 bits per heavy atom. The number of nitrogens with zero attached hydrogens (tertiary/aromatic N) is 2. The second-order valence-corrected chi connectivity index (χ2v) is 7.53. The van der Waals surface area contributed by atoms with E-state index in [1.807, 2.05) is 39.0 Å². The fraction of sp³-hybridized carbons (Fsp3) is 0.280. The molecular weight excluding hydrogens is 406 g/mol. The highest BCUT2D eigenvalue weighted by atomic mass is 16.5. The Bertz CT molecular complexity index is 1180. The second kappa shape index (κ2) is 10.0. The van der Waals surface area contributed by atoms with Crippen LogP contribution in [0, 0.1) is 13.8 Å². The number of carbonyl (C=O) groups excluding carboxylic acids is 2. The van der Waals surface area contributed by atoms with Crippen molar-refractivity contribution in [3.63, 3.8) is 0 Å². The normalized spacial score (nSPS) is 11.6. The maximum atomic E-state index is 13.0. The van der Waals surface area contributed by atoms with Gasteiger partial charge in [0.2, 0.25) is 5.91 Å². The number of nitrogens with one attached hydrogen (secondary N) is 1. The molecule has 7 nitrogen and oxygen atoms in total. The number of esters is 1. The van der Waals surface area contributed by atoms with Crippen molar-refractivity contribution < 1.29 is 14.3 Å². The SMILES string of the molecule is CCOC(=O)c1ccc(NC(=O)[C@H](CC)n2nc(-c3cc(C)ccc3C)ccc2=O)cc1. The van der Waals surface area contributed by atoms with Gasteiger partial charge in [-0.2, -0.15) is 5.10 Å². The monoisotopic (exact) mass is 433 g/mol. The van der Waals surface area contributed by atoms with Gasteiger partial charge in [-0.1, -0.05) is 24.6 Å². The minimum absolute atomic E-state index is 0.290. The average molecular weight is 434 g/mol. The van der Waals surface area contributed by atoms with E-state index >= 15 is 0 Å². The first kappa shape index (κ1) is 22.9. The first-order valence-corrected chi connectivity index (χ1v) is 10.6. The van der Waals surface area contributed by atoms with E-state index in [0.717, 1.165) is 16.7 Å². The van der Waals surface area contributed by atoms with Crippen LogP contribution < -0.4 is 10.9 Å². The predicted molar refractivity (Wildman–Crippen MR) is 124 cm³/mol. The lowest BCUT2D eigenvalue weighted by Gasteiger charge is -2.18. The van der Waals surface area contributed by atoms with E-state index in [1.54, 1.807) is 37.3 Å². The van der Waals surface area contributed by atoms with Gasteiger partial charge in [-0.3, -0.25) is 9.59 Å². The van der Waals surface area contributed by atoms with Crippen LogP contribution in [0.1, 0.15) is 47.8 Å². The number of benzene rings is 2. The van der Waals surface area contributed by atoms with Gasteiger partial charge in [0.15, 0.2) is 0 Å². The minimum Gasteiger partial charge on any atom is -0.462 e. The van der Waals surface area contributed by atoms with Gasteiger partial charge in [0.05, 0.1) is 17.9 Å². The first-order valence-electron chi connectivity index (χ1n) is 10.6. The predicted octanol–water partition coefficient (Wildman–Crippen LogP) is 4.29. The molecule has 3 rings (SSSR count). The molecule has 3 aromatic rings. The van der Waals surface area contributed by atoms with E-state index in [-0.39, 0.29) is 11.5 Å². The average Bonchev–Trinajstić information content (AvgIpc) is 2.78. The molecule has 0 aliphatic rings. The van der Waals surface area contributed by atoms with Crippen molar-refractivity contribution in [2.24, 2.45) is 0 Å². The summed E-state index contributed by atoms with van der Waals surface area (Å²) in [6.07, 6.45) is 0.385. The Hall–Kier alpha value is -3.74. The Morgan fingerprint density at radius 3 is 2.41 bits per heavy atom. The molecule has 1 amide bonds. The summed E-state index contributed by atoms with van der Waals surface area (Å²) >= 11 is 0. The molecule has 0 spiro atoms. The number of ether oxygens (including phenoxy) is 1. The highest BCUT2D eigenvalue weighted by Crippen LogP contribution is 2.23. The third-order valence-electron chi connectivity index (χ3n) is 5.14. The summed E-state index contributed by atoms with van der Waals surface area (Å²) in [5.41, 5.74) is 4.24. The van der Waals surface area contributed by atoms with E-state index in [9.17, 15) is 14.4 Å². The lowest BCUT2D eigenvalue weighted by molar-refractivity contribution is -0.119. The number of hydrogen-bond acceptors (Lipinski definition) is 5. The molecule has 0 saturated carbocycles. The van der Waals surface area contributed by atoms with Crippen molar-refractivity contribution in [1.29, 1.82) is 0 Å². The van der Waals surface area contributed by atoms with Gasteiger partial charge in [0.25, 0.3) is 5.56 Å². The molecule has 0 radical (unpaired) electrons. The maximum absolute atomic E-state index is 13.0. The van der Waals surface area contributed by atoms with Crippen LogP contribution in [0.15, 0.2) is 59.4 Å². The van der Waals surface area contributed by atoms with Crippen LogP contribution in [0.2, 0.25) is 0 Å². The summed E-state index contributed by atoms with van der Waals surface area (Å²) < 4.78 is 6.20. The zero-order chi connectivity index (χ0) is 23.3. The fourth-order valence-corrected chi connectivity index (χ4v) is 3.40. The van der Waals surface area contributed by atoms with Crippen molar-refractivity contribution in [2.45, 2.75) is 40.2 Å².